The van der Waals surface area contributed by atoms with E-state index in [2.05, 4.69) is 5.10 Å². The Hall–Kier alpha value is -1.63. The van der Waals surface area contributed by atoms with Gasteiger partial charge in [-0.25, -0.2) is 9.48 Å². The highest BCUT2D eigenvalue weighted by molar-refractivity contribution is 5.34. The molecule has 7 heteroatoms. The highest BCUT2D eigenvalue weighted by Crippen LogP contribution is 2.30. The van der Waals surface area contributed by atoms with E-state index in [0.29, 0.717) is 6.54 Å². The molecule has 1 heterocycles. The first kappa shape index (κ1) is 13.8. The quantitative estimate of drug-likeness (QED) is 0.778. The number of nitrogens with zero attached hydrogens (tertiary/aromatic N) is 4. The number of aromatic nitrogens is 3. The second-order valence-corrected chi connectivity index (χ2v) is 5.38. The number of anilines is 1. The van der Waals surface area contributed by atoms with Gasteiger partial charge in [0.2, 0.25) is 5.82 Å². The van der Waals surface area contributed by atoms with Gasteiger partial charge in [0.1, 0.15) is 0 Å². The summed E-state index contributed by atoms with van der Waals surface area (Å²) >= 11 is 0. The summed E-state index contributed by atoms with van der Waals surface area (Å²) in [6.45, 7) is 0.355. The monoisotopic (exact) mass is 268 g/mol. The molecule has 19 heavy (non-hydrogen) atoms. The van der Waals surface area contributed by atoms with Gasteiger partial charge in [-0.15, -0.1) is 5.10 Å². The van der Waals surface area contributed by atoms with E-state index in [1.165, 1.54) is 14.1 Å². The van der Waals surface area contributed by atoms with Crippen LogP contribution in [0.15, 0.2) is 9.59 Å². The molecular weight excluding hydrogens is 248 g/mol. The van der Waals surface area contributed by atoms with Crippen molar-refractivity contribution in [3.63, 3.8) is 0 Å². The minimum absolute atomic E-state index is 0.185. The molecule has 0 aromatic carbocycles. The van der Waals surface area contributed by atoms with Crippen LogP contribution in [-0.2, 0) is 14.1 Å². The molecule has 0 radical (unpaired) electrons. The van der Waals surface area contributed by atoms with Gasteiger partial charge in [0.25, 0.3) is 5.56 Å². The second-order valence-electron chi connectivity index (χ2n) is 5.38. The average Bonchev–Trinajstić information content (AvgIpc) is 2.77. The maximum absolute atomic E-state index is 12.0. The van der Waals surface area contributed by atoms with E-state index >= 15 is 0 Å². The van der Waals surface area contributed by atoms with Gasteiger partial charge >= 0.3 is 5.69 Å². The van der Waals surface area contributed by atoms with Crippen LogP contribution in [0.4, 0.5) is 5.82 Å². The van der Waals surface area contributed by atoms with Gasteiger partial charge in [0.05, 0.1) is 5.60 Å². The summed E-state index contributed by atoms with van der Waals surface area (Å²) < 4.78 is 2.16. The third kappa shape index (κ3) is 2.56. The Kier molecular flexibility index (Phi) is 3.49. The molecule has 1 aliphatic rings. The number of hydrogen-bond acceptors (Lipinski definition) is 5. The normalized spacial score (nSPS) is 17.7. The summed E-state index contributed by atoms with van der Waals surface area (Å²) in [6.07, 6.45) is 3.49. The fourth-order valence-corrected chi connectivity index (χ4v) is 2.63. The van der Waals surface area contributed by atoms with Gasteiger partial charge in [-0.1, -0.05) is 12.8 Å². The van der Waals surface area contributed by atoms with E-state index in [0.717, 1.165) is 34.9 Å². The number of aryl methyl sites for hydroxylation is 1. The lowest BCUT2D eigenvalue weighted by atomic mass is 10.0. The standard InChI is InChI=1S/C12H20N4O3/c1-14(8-12(19)6-4-5-7-12)9-10(17)15(2)11(18)16(3)13-9/h19H,4-8H2,1-3H3. The van der Waals surface area contributed by atoms with Crippen LogP contribution in [0.1, 0.15) is 25.7 Å². The maximum atomic E-state index is 12.0. The molecule has 1 fully saturated rings. The van der Waals surface area contributed by atoms with Gasteiger partial charge in [-0.3, -0.25) is 9.36 Å². The molecular formula is C12H20N4O3. The first-order valence-corrected chi connectivity index (χ1v) is 6.42. The van der Waals surface area contributed by atoms with Crippen LogP contribution >= 0.6 is 0 Å². The number of rotatable bonds is 3. The van der Waals surface area contributed by atoms with Crippen molar-refractivity contribution in [2.75, 3.05) is 18.5 Å². The van der Waals surface area contributed by atoms with Crippen molar-refractivity contribution in [3.8, 4) is 0 Å². The van der Waals surface area contributed by atoms with Crippen molar-refractivity contribution in [1.82, 2.24) is 14.3 Å². The summed E-state index contributed by atoms with van der Waals surface area (Å²) in [4.78, 5) is 25.2. The zero-order valence-electron chi connectivity index (χ0n) is 11.6. The highest BCUT2D eigenvalue weighted by Gasteiger charge is 2.33. The zero-order valence-corrected chi connectivity index (χ0v) is 11.6. The Morgan fingerprint density at radius 1 is 1.32 bits per heavy atom. The van der Waals surface area contributed by atoms with Gasteiger partial charge in [0.15, 0.2) is 0 Å². The summed E-state index contributed by atoms with van der Waals surface area (Å²) in [6, 6.07) is 0. The fourth-order valence-electron chi connectivity index (χ4n) is 2.63. The fraction of sp³-hybridized carbons (Fsp3) is 0.750. The molecule has 0 unspecified atom stereocenters. The smallest absolute Gasteiger partial charge is 0.346 e. The largest absolute Gasteiger partial charge is 0.388 e. The first-order chi connectivity index (χ1) is 8.84. The van der Waals surface area contributed by atoms with E-state index in [1.807, 2.05) is 0 Å². The SMILES string of the molecule is CN(CC1(O)CCCC1)c1nn(C)c(=O)n(C)c1=O. The van der Waals surface area contributed by atoms with E-state index in [1.54, 1.807) is 11.9 Å². The van der Waals surface area contributed by atoms with Crippen LogP contribution in [0.3, 0.4) is 0 Å². The number of likely N-dealkylation sites (N-methyl/N-ethyl adjacent to an activating group) is 1. The van der Waals surface area contributed by atoms with Crippen LogP contribution in [-0.4, -0.2) is 38.6 Å². The van der Waals surface area contributed by atoms with Crippen LogP contribution in [0.5, 0.6) is 0 Å². The minimum atomic E-state index is -0.754. The van der Waals surface area contributed by atoms with E-state index in [-0.39, 0.29) is 5.82 Å². The Morgan fingerprint density at radius 2 is 1.89 bits per heavy atom. The molecule has 1 saturated carbocycles. The molecule has 106 valence electrons. The average molecular weight is 268 g/mol. The maximum Gasteiger partial charge on any atom is 0.346 e. The van der Waals surface area contributed by atoms with E-state index in [4.69, 9.17) is 0 Å². The number of aliphatic hydroxyl groups is 1. The lowest BCUT2D eigenvalue weighted by Gasteiger charge is -2.28. The van der Waals surface area contributed by atoms with Crippen molar-refractivity contribution in [3.05, 3.63) is 20.8 Å². The third-order valence-electron chi connectivity index (χ3n) is 3.73. The highest BCUT2D eigenvalue weighted by atomic mass is 16.3. The van der Waals surface area contributed by atoms with Gasteiger partial charge in [-0.05, 0) is 12.8 Å². The van der Waals surface area contributed by atoms with E-state index in [9.17, 15) is 14.7 Å². The molecule has 0 atom stereocenters. The van der Waals surface area contributed by atoms with Crippen LogP contribution < -0.4 is 16.1 Å². The molecule has 0 saturated heterocycles. The van der Waals surface area contributed by atoms with Crippen molar-refractivity contribution in [2.45, 2.75) is 31.3 Å². The van der Waals surface area contributed by atoms with Gasteiger partial charge < -0.3 is 10.0 Å². The zero-order chi connectivity index (χ0) is 14.2. The minimum Gasteiger partial charge on any atom is -0.388 e. The number of hydrogen-bond donors (Lipinski definition) is 1. The Balaban J connectivity index is 2.32. The third-order valence-corrected chi connectivity index (χ3v) is 3.73. The molecule has 1 aromatic heterocycles. The van der Waals surface area contributed by atoms with Crippen molar-refractivity contribution < 1.29 is 5.11 Å². The lowest BCUT2D eigenvalue weighted by Crippen LogP contribution is -2.46. The van der Waals surface area contributed by atoms with Crippen molar-refractivity contribution >= 4 is 5.82 Å². The van der Waals surface area contributed by atoms with Crippen molar-refractivity contribution in [1.29, 1.82) is 0 Å². The van der Waals surface area contributed by atoms with Gasteiger partial charge in [-0.2, -0.15) is 0 Å². The summed E-state index contributed by atoms with van der Waals surface area (Å²) in [7, 11) is 4.64. The molecule has 0 amide bonds. The molecule has 1 N–H and O–H groups in total. The molecule has 0 spiro atoms. The van der Waals surface area contributed by atoms with Crippen LogP contribution in [0.2, 0.25) is 0 Å². The van der Waals surface area contributed by atoms with Gasteiger partial charge in [0, 0.05) is 27.7 Å². The topological polar surface area (TPSA) is 80.4 Å². The molecule has 1 aliphatic carbocycles. The molecule has 2 rings (SSSR count). The molecule has 0 aliphatic heterocycles. The first-order valence-electron chi connectivity index (χ1n) is 6.42. The molecule has 1 aromatic rings. The van der Waals surface area contributed by atoms with Crippen LogP contribution in [0.25, 0.3) is 0 Å². The Labute approximate surface area is 111 Å². The predicted molar refractivity (Wildman–Crippen MR) is 71.4 cm³/mol. The van der Waals surface area contributed by atoms with Crippen LogP contribution in [0, 0.1) is 0 Å². The predicted octanol–water partition coefficient (Wildman–Crippen LogP) is -0.780. The summed E-state index contributed by atoms with van der Waals surface area (Å²) in [5.41, 5.74) is -1.65. The molecule has 7 nitrogen and oxygen atoms in total. The second kappa shape index (κ2) is 4.80. The lowest BCUT2D eigenvalue weighted by molar-refractivity contribution is 0.0556. The summed E-state index contributed by atoms with van der Waals surface area (Å²) in [5, 5.41) is 14.4. The summed E-state index contributed by atoms with van der Waals surface area (Å²) in [5.74, 6) is 0.185. The van der Waals surface area contributed by atoms with Crippen molar-refractivity contribution in [2.24, 2.45) is 14.1 Å². The Morgan fingerprint density at radius 3 is 2.47 bits per heavy atom. The Bertz CT molecular complexity index is 584. The van der Waals surface area contributed by atoms with E-state index < -0.39 is 16.9 Å². The molecule has 0 bridgehead atoms.